The Labute approximate surface area is 170 Å². The fourth-order valence-corrected chi connectivity index (χ4v) is 4.26. The third-order valence-electron chi connectivity index (χ3n) is 5.69. The van der Waals surface area contributed by atoms with Gasteiger partial charge in [-0.05, 0) is 62.2 Å². The smallest absolute Gasteiger partial charge is 0.261 e. The highest BCUT2D eigenvalue weighted by Gasteiger charge is 2.35. The van der Waals surface area contributed by atoms with Crippen LogP contribution in [-0.2, 0) is 6.54 Å². The van der Waals surface area contributed by atoms with Crippen LogP contribution >= 0.6 is 0 Å². The summed E-state index contributed by atoms with van der Waals surface area (Å²) < 4.78 is 0. The van der Waals surface area contributed by atoms with Crippen molar-refractivity contribution in [1.29, 1.82) is 0 Å². The highest BCUT2D eigenvalue weighted by atomic mass is 16.2. The Hall–Kier alpha value is -2.99. The summed E-state index contributed by atoms with van der Waals surface area (Å²) in [7, 11) is 1.93. The maximum Gasteiger partial charge on any atom is 0.261 e. The molecule has 0 aliphatic carbocycles. The van der Waals surface area contributed by atoms with Gasteiger partial charge >= 0.3 is 0 Å². The molecule has 4 rings (SSSR count). The van der Waals surface area contributed by atoms with Crippen molar-refractivity contribution in [2.45, 2.75) is 19.4 Å². The van der Waals surface area contributed by atoms with Gasteiger partial charge in [-0.2, -0.15) is 0 Å². The summed E-state index contributed by atoms with van der Waals surface area (Å²) in [6, 6.07) is 14.1. The Morgan fingerprint density at radius 2 is 1.79 bits per heavy atom. The van der Waals surface area contributed by atoms with Crippen LogP contribution in [0, 0.1) is 5.92 Å². The summed E-state index contributed by atoms with van der Waals surface area (Å²) in [6.07, 6.45) is 2.14. The molecule has 0 radical (unpaired) electrons. The highest BCUT2D eigenvalue weighted by Crippen LogP contribution is 2.25. The van der Waals surface area contributed by atoms with Crippen LogP contribution in [0.2, 0.25) is 0 Å². The average molecular weight is 391 g/mol. The number of benzene rings is 2. The Kier molecular flexibility index (Phi) is 5.45. The summed E-state index contributed by atoms with van der Waals surface area (Å²) in [5.41, 5.74) is 2.25. The number of rotatable bonds is 5. The Bertz CT molecular complexity index is 919. The predicted molar refractivity (Wildman–Crippen MR) is 110 cm³/mol. The maximum atomic E-state index is 13.0. The number of carbonyl (C=O) groups excluding carboxylic acids is 3. The Morgan fingerprint density at radius 1 is 1.07 bits per heavy atom. The molecule has 1 N–H and O–H groups in total. The number of hydrogen-bond acceptors (Lipinski definition) is 4. The van der Waals surface area contributed by atoms with E-state index < -0.39 is 0 Å². The van der Waals surface area contributed by atoms with Gasteiger partial charge < -0.3 is 10.2 Å². The van der Waals surface area contributed by atoms with Gasteiger partial charge in [-0.25, -0.2) is 0 Å². The molecule has 6 heteroatoms. The lowest BCUT2D eigenvalue weighted by molar-refractivity contribution is 0.0641. The van der Waals surface area contributed by atoms with E-state index in [9.17, 15) is 14.4 Å². The van der Waals surface area contributed by atoms with Gasteiger partial charge in [-0.15, -0.1) is 0 Å². The van der Waals surface area contributed by atoms with Crippen LogP contribution in [0.4, 0.5) is 0 Å². The van der Waals surface area contributed by atoms with Crippen molar-refractivity contribution in [3.8, 4) is 0 Å². The van der Waals surface area contributed by atoms with Crippen molar-refractivity contribution in [1.82, 2.24) is 15.1 Å². The van der Waals surface area contributed by atoms with E-state index in [0.717, 1.165) is 38.0 Å². The molecule has 29 heavy (non-hydrogen) atoms. The Morgan fingerprint density at radius 3 is 2.48 bits per heavy atom. The van der Waals surface area contributed by atoms with Crippen molar-refractivity contribution >= 4 is 17.7 Å². The lowest BCUT2D eigenvalue weighted by Crippen LogP contribution is -2.42. The molecule has 3 amide bonds. The fraction of sp³-hybridized carbons (Fsp3) is 0.348. The van der Waals surface area contributed by atoms with Crippen LogP contribution in [0.1, 0.15) is 49.5 Å². The average Bonchev–Trinajstić information content (AvgIpc) is 2.99. The van der Waals surface area contributed by atoms with Gasteiger partial charge in [0.2, 0.25) is 0 Å². The van der Waals surface area contributed by atoms with E-state index in [1.807, 2.05) is 24.1 Å². The molecule has 0 aromatic heterocycles. The molecule has 0 saturated carbocycles. The summed E-state index contributed by atoms with van der Waals surface area (Å²) in [5, 5.41) is 3.19. The van der Waals surface area contributed by atoms with Gasteiger partial charge in [0.1, 0.15) is 0 Å². The third kappa shape index (κ3) is 3.80. The monoisotopic (exact) mass is 391 g/mol. The fourth-order valence-electron chi connectivity index (χ4n) is 4.26. The highest BCUT2D eigenvalue weighted by molar-refractivity contribution is 6.21. The van der Waals surface area contributed by atoms with Crippen LogP contribution in [0.25, 0.3) is 0 Å². The Balaban J connectivity index is 1.49. The SMILES string of the molecule is CNCC1CCCN(C(=O)c2cccc(CN3C(=O)c4ccccc4C3=O)c2)C1. The number of nitrogens with one attached hydrogen (secondary N) is 1. The van der Waals surface area contributed by atoms with Gasteiger partial charge in [-0.3, -0.25) is 19.3 Å². The van der Waals surface area contributed by atoms with Gasteiger partial charge in [0.15, 0.2) is 0 Å². The maximum absolute atomic E-state index is 13.0. The minimum absolute atomic E-state index is 0.00927. The molecule has 6 nitrogen and oxygen atoms in total. The zero-order valence-corrected chi connectivity index (χ0v) is 16.6. The van der Waals surface area contributed by atoms with E-state index >= 15 is 0 Å². The molecule has 1 fully saturated rings. The van der Waals surface area contributed by atoms with E-state index in [4.69, 9.17) is 0 Å². The molecule has 0 spiro atoms. The zero-order valence-electron chi connectivity index (χ0n) is 16.6. The van der Waals surface area contributed by atoms with Gasteiger partial charge in [0.05, 0.1) is 17.7 Å². The second-order valence-corrected chi connectivity index (χ2v) is 7.76. The second-order valence-electron chi connectivity index (χ2n) is 7.76. The lowest BCUT2D eigenvalue weighted by Gasteiger charge is -2.33. The van der Waals surface area contributed by atoms with Crippen LogP contribution in [0.5, 0.6) is 0 Å². The minimum atomic E-state index is -0.284. The largest absolute Gasteiger partial charge is 0.338 e. The van der Waals surface area contributed by atoms with Crippen LogP contribution in [0.3, 0.4) is 0 Å². The summed E-state index contributed by atoms with van der Waals surface area (Å²) in [4.78, 5) is 41.4. The first-order valence-electron chi connectivity index (χ1n) is 10.1. The number of carbonyl (C=O) groups is 3. The molecule has 2 aliphatic rings. The number of imide groups is 1. The number of likely N-dealkylation sites (tertiary alicyclic amines) is 1. The number of hydrogen-bond donors (Lipinski definition) is 1. The number of piperidine rings is 1. The molecule has 2 aromatic rings. The van der Waals surface area contributed by atoms with Crippen LogP contribution < -0.4 is 5.32 Å². The zero-order chi connectivity index (χ0) is 20.4. The first kappa shape index (κ1) is 19.3. The number of amides is 3. The van der Waals surface area contributed by atoms with Crippen LogP contribution in [0.15, 0.2) is 48.5 Å². The van der Waals surface area contributed by atoms with Crippen LogP contribution in [-0.4, -0.2) is 54.2 Å². The molecule has 1 saturated heterocycles. The molecule has 150 valence electrons. The van der Waals surface area contributed by atoms with Crippen molar-refractivity contribution in [2.75, 3.05) is 26.7 Å². The first-order valence-corrected chi connectivity index (χ1v) is 10.1. The van der Waals surface area contributed by atoms with Gasteiger partial charge in [0, 0.05) is 18.7 Å². The minimum Gasteiger partial charge on any atom is -0.338 e. The van der Waals surface area contributed by atoms with E-state index in [-0.39, 0.29) is 24.3 Å². The lowest BCUT2D eigenvalue weighted by atomic mass is 9.97. The van der Waals surface area contributed by atoms with Crippen molar-refractivity contribution in [2.24, 2.45) is 5.92 Å². The van der Waals surface area contributed by atoms with E-state index in [2.05, 4.69) is 5.32 Å². The standard InChI is InChI=1S/C23H25N3O3/c1-24-13-17-7-5-11-25(14-17)21(27)18-8-4-6-16(12-18)15-26-22(28)19-9-2-3-10-20(19)23(26)29/h2-4,6,8-10,12,17,24H,5,7,11,13-15H2,1H3. The molecule has 2 heterocycles. The third-order valence-corrected chi connectivity index (χ3v) is 5.69. The van der Waals surface area contributed by atoms with Gasteiger partial charge in [0.25, 0.3) is 17.7 Å². The first-order chi connectivity index (χ1) is 14.1. The van der Waals surface area contributed by atoms with Crippen molar-refractivity contribution in [3.63, 3.8) is 0 Å². The number of nitrogens with zero attached hydrogens (tertiary/aromatic N) is 2. The summed E-state index contributed by atoms with van der Waals surface area (Å²) in [5.74, 6) is -0.0872. The predicted octanol–water partition coefficient (Wildman–Crippen LogP) is 2.55. The molecule has 1 unspecified atom stereocenters. The molecule has 2 aliphatic heterocycles. The summed E-state index contributed by atoms with van der Waals surface area (Å²) in [6.45, 7) is 2.59. The molecule has 1 atom stereocenters. The van der Waals surface area contributed by atoms with E-state index in [1.165, 1.54) is 4.90 Å². The quantitative estimate of drug-likeness (QED) is 0.796. The molecule has 2 aromatic carbocycles. The van der Waals surface area contributed by atoms with E-state index in [1.54, 1.807) is 36.4 Å². The second kappa shape index (κ2) is 8.17. The normalized spacial score (nSPS) is 18.9. The van der Waals surface area contributed by atoms with E-state index in [0.29, 0.717) is 22.6 Å². The summed E-state index contributed by atoms with van der Waals surface area (Å²) >= 11 is 0. The number of fused-ring (bicyclic) bond motifs is 1. The molecule has 0 bridgehead atoms. The van der Waals surface area contributed by atoms with Crippen molar-refractivity contribution in [3.05, 3.63) is 70.8 Å². The topological polar surface area (TPSA) is 69.7 Å². The van der Waals surface area contributed by atoms with Crippen molar-refractivity contribution < 1.29 is 14.4 Å². The van der Waals surface area contributed by atoms with Gasteiger partial charge in [-0.1, -0.05) is 24.3 Å². The molecular weight excluding hydrogens is 366 g/mol. The molecular formula is C23H25N3O3.